The SMILES string of the molecule is Cc1ccc(-c2cc(C(F)(F)F)nn2-c2ccc(S(=O)(=O)NC(=O)OCCCCN(C)[N+]([O-])=NOC(C)OC(=O)C(C)(C)C)cc2)cc1. The maximum atomic E-state index is 13.5. The van der Waals surface area contributed by atoms with Crippen LogP contribution in [0.15, 0.2) is 64.8 Å². The summed E-state index contributed by atoms with van der Waals surface area (Å²) >= 11 is 0. The average Bonchev–Trinajstić information content (AvgIpc) is 3.46. The molecule has 262 valence electrons. The molecule has 0 radical (unpaired) electrons. The Kier molecular flexibility index (Phi) is 12.0. The first kappa shape index (κ1) is 37.6. The van der Waals surface area contributed by atoms with E-state index in [9.17, 15) is 36.4 Å². The van der Waals surface area contributed by atoms with E-state index in [1.165, 1.54) is 26.1 Å². The first-order chi connectivity index (χ1) is 22.3. The van der Waals surface area contributed by atoms with Crippen molar-refractivity contribution in [2.24, 2.45) is 10.7 Å². The number of ether oxygens (including phenoxy) is 2. The number of benzene rings is 2. The van der Waals surface area contributed by atoms with Gasteiger partial charge < -0.3 is 14.7 Å². The Morgan fingerprint density at radius 1 is 1.08 bits per heavy atom. The molecular weight excluding hydrogens is 661 g/mol. The zero-order chi connectivity index (χ0) is 35.9. The molecule has 0 aliphatic carbocycles. The second-order valence-electron chi connectivity index (χ2n) is 11.7. The lowest BCUT2D eigenvalue weighted by Gasteiger charge is -2.19. The zero-order valence-corrected chi connectivity index (χ0v) is 28.0. The fourth-order valence-electron chi connectivity index (χ4n) is 3.82. The van der Waals surface area contributed by atoms with Crippen molar-refractivity contribution in [2.75, 3.05) is 20.2 Å². The number of alkyl halides is 3. The third-order valence-electron chi connectivity index (χ3n) is 6.51. The molecule has 0 saturated heterocycles. The van der Waals surface area contributed by atoms with Crippen LogP contribution in [-0.2, 0) is 35.3 Å². The standard InChI is InChI=1S/C30H37F3N6O8S/c1-20-9-11-22(12-10-20)25-19-26(30(31,32)33)34-38(25)23-13-15-24(16-14-23)48(43,44)35-28(41)45-18-8-7-17-37(6)39(42)36-47-21(2)46-27(40)29(3,4)5/h9-16,19,21H,7-8,17-18H2,1-6H3,(H,35,41). The van der Waals surface area contributed by atoms with Crippen molar-refractivity contribution in [1.82, 2.24) is 19.5 Å². The Labute approximate surface area is 275 Å². The molecule has 1 unspecified atom stereocenters. The van der Waals surface area contributed by atoms with Crippen molar-refractivity contribution < 1.29 is 50.5 Å². The van der Waals surface area contributed by atoms with Gasteiger partial charge in [-0.25, -0.2) is 22.6 Å². The average molecular weight is 699 g/mol. The predicted molar refractivity (Wildman–Crippen MR) is 164 cm³/mol. The van der Waals surface area contributed by atoms with Crippen molar-refractivity contribution in [3.05, 3.63) is 71.1 Å². The summed E-state index contributed by atoms with van der Waals surface area (Å²) in [4.78, 5) is 28.7. The van der Waals surface area contributed by atoms with Crippen LogP contribution in [0.2, 0.25) is 0 Å². The molecule has 0 spiro atoms. The number of unbranched alkanes of at least 4 members (excludes halogenated alkanes) is 1. The van der Waals surface area contributed by atoms with Crippen LogP contribution in [0.3, 0.4) is 0 Å². The van der Waals surface area contributed by atoms with Crippen molar-refractivity contribution in [3.8, 4) is 16.9 Å². The van der Waals surface area contributed by atoms with Gasteiger partial charge in [0.25, 0.3) is 16.3 Å². The van der Waals surface area contributed by atoms with Crippen molar-refractivity contribution in [3.63, 3.8) is 0 Å². The summed E-state index contributed by atoms with van der Waals surface area (Å²) in [6.45, 7) is 8.20. The van der Waals surface area contributed by atoms with E-state index in [2.05, 4.69) is 10.4 Å². The Bertz CT molecular complexity index is 1700. The van der Waals surface area contributed by atoms with Crippen LogP contribution in [0.25, 0.3) is 16.9 Å². The number of halogens is 3. The Hall–Kier alpha value is -4.87. The quantitative estimate of drug-likeness (QED) is 0.0581. The van der Waals surface area contributed by atoms with Crippen molar-refractivity contribution in [1.29, 1.82) is 0 Å². The number of hydrogen-bond acceptors (Lipinski definition) is 10. The van der Waals surface area contributed by atoms with E-state index in [0.717, 1.165) is 33.5 Å². The van der Waals surface area contributed by atoms with Gasteiger partial charge in [0.05, 0.1) is 46.9 Å². The molecule has 0 fully saturated rings. The molecule has 1 atom stereocenters. The Morgan fingerprint density at radius 2 is 1.71 bits per heavy atom. The van der Waals surface area contributed by atoms with E-state index >= 15 is 0 Å². The number of nitrogens with one attached hydrogen (secondary N) is 1. The summed E-state index contributed by atoms with van der Waals surface area (Å²) in [5, 5.41) is 20.2. The van der Waals surface area contributed by atoms with Gasteiger partial charge >= 0.3 is 18.2 Å². The number of carbonyl (C=O) groups excluding carboxylic acids is 2. The fraction of sp³-hybridized carbons (Fsp3) is 0.433. The third-order valence-corrected chi connectivity index (χ3v) is 7.84. The number of esters is 1. The van der Waals surface area contributed by atoms with Gasteiger partial charge in [0.2, 0.25) is 5.28 Å². The fourth-order valence-corrected chi connectivity index (χ4v) is 4.71. The molecule has 3 aromatic rings. The number of rotatable bonds is 13. The van der Waals surface area contributed by atoms with Gasteiger partial charge in [0.15, 0.2) is 5.69 Å². The number of hydrazine groups is 1. The second-order valence-corrected chi connectivity index (χ2v) is 13.4. The number of amides is 1. The molecule has 14 nitrogen and oxygen atoms in total. The van der Waals surface area contributed by atoms with E-state index in [1.807, 2.05) is 6.92 Å². The predicted octanol–water partition coefficient (Wildman–Crippen LogP) is 5.74. The van der Waals surface area contributed by atoms with Crippen molar-refractivity contribution in [2.45, 2.75) is 64.8 Å². The summed E-state index contributed by atoms with van der Waals surface area (Å²) < 4.78 is 78.7. The Balaban J connectivity index is 1.52. The molecule has 1 N–H and O–H groups in total. The highest BCUT2D eigenvalue weighted by Gasteiger charge is 2.35. The molecule has 48 heavy (non-hydrogen) atoms. The normalized spacial score (nSPS) is 13.1. The van der Waals surface area contributed by atoms with Gasteiger partial charge in [0.1, 0.15) is 0 Å². The van der Waals surface area contributed by atoms with Crippen molar-refractivity contribution >= 4 is 22.1 Å². The molecular formula is C30H37F3N6O8S. The summed E-state index contributed by atoms with van der Waals surface area (Å²) in [5.41, 5.74) is -0.203. The van der Waals surface area contributed by atoms with Crippen LogP contribution in [0.4, 0.5) is 18.0 Å². The minimum absolute atomic E-state index is 0.144. The molecule has 1 heterocycles. The van der Waals surface area contributed by atoms with E-state index in [1.54, 1.807) is 49.8 Å². The maximum Gasteiger partial charge on any atom is 0.435 e. The van der Waals surface area contributed by atoms with Gasteiger partial charge in [-0.3, -0.25) is 9.63 Å². The molecule has 1 amide bonds. The minimum Gasteiger partial charge on any atom is -0.569 e. The molecule has 3 rings (SSSR count). The number of hydrogen-bond donors (Lipinski definition) is 1. The van der Waals surface area contributed by atoms with E-state index in [0.29, 0.717) is 12.0 Å². The minimum atomic E-state index is -4.71. The van der Waals surface area contributed by atoms with Gasteiger partial charge in [-0.2, -0.15) is 18.3 Å². The van der Waals surface area contributed by atoms with E-state index < -0.39 is 45.7 Å². The summed E-state index contributed by atoms with van der Waals surface area (Å²) in [7, 11) is -2.97. The van der Waals surface area contributed by atoms with Crippen LogP contribution >= 0.6 is 0 Å². The molecule has 2 aromatic carbocycles. The first-order valence-electron chi connectivity index (χ1n) is 14.6. The number of aromatic nitrogens is 2. The van der Waals surface area contributed by atoms with Gasteiger partial charge in [-0.05, 0) is 70.9 Å². The summed E-state index contributed by atoms with van der Waals surface area (Å²) in [6.07, 6.45) is -6.45. The third kappa shape index (κ3) is 10.6. The number of aryl methyl sites for hydroxylation is 1. The van der Waals surface area contributed by atoms with Gasteiger partial charge in [-0.15, -0.1) is 5.01 Å². The highest BCUT2D eigenvalue weighted by Crippen LogP contribution is 2.33. The molecule has 0 saturated carbocycles. The monoisotopic (exact) mass is 698 g/mol. The van der Waals surface area contributed by atoms with Crippen LogP contribution in [0.5, 0.6) is 0 Å². The van der Waals surface area contributed by atoms with E-state index in [4.69, 9.17) is 14.3 Å². The first-order valence-corrected chi connectivity index (χ1v) is 16.1. The highest BCUT2D eigenvalue weighted by atomic mass is 32.2. The topological polar surface area (TPSA) is 167 Å². The lowest BCUT2D eigenvalue weighted by molar-refractivity contribution is -0.707. The lowest BCUT2D eigenvalue weighted by atomic mass is 9.97. The van der Waals surface area contributed by atoms with E-state index in [-0.39, 0.29) is 40.8 Å². The Morgan fingerprint density at radius 3 is 2.29 bits per heavy atom. The second kappa shape index (κ2) is 15.4. The van der Waals surface area contributed by atoms with Crippen LogP contribution in [-0.4, -0.2) is 66.7 Å². The zero-order valence-electron chi connectivity index (χ0n) is 27.1. The van der Waals surface area contributed by atoms with Crippen LogP contribution in [0, 0.1) is 17.5 Å². The van der Waals surface area contributed by atoms with Crippen LogP contribution < -0.4 is 4.72 Å². The number of sulfonamides is 1. The lowest BCUT2D eigenvalue weighted by Crippen LogP contribution is -2.32. The smallest absolute Gasteiger partial charge is 0.435 e. The molecule has 18 heteroatoms. The summed E-state index contributed by atoms with van der Waals surface area (Å²) in [6, 6.07) is 12.4. The van der Waals surface area contributed by atoms with Gasteiger partial charge in [-0.1, -0.05) is 29.8 Å². The summed E-state index contributed by atoms with van der Waals surface area (Å²) in [5.74, 6) is -0.533. The number of nitrogens with zero attached hydrogens (tertiary/aromatic N) is 5. The highest BCUT2D eigenvalue weighted by molar-refractivity contribution is 7.90. The maximum absolute atomic E-state index is 13.5. The van der Waals surface area contributed by atoms with Crippen LogP contribution in [0.1, 0.15) is 51.8 Å². The molecule has 0 aliphatic rings. The molecule has 0 aliphatic heterocycles. The molecule has 1 aromatic heterocycles. The largest absolute Gasteiger partial charge is 0.569 e. The molecule has 0 bridgehead atoms. The van der Waals surface area contributed by atoms with Gasteiger partial charge in [0, 0.05) is 12.5 Å². The number of carbonyl (C=O) groups is 2.